The van der Waals surface area contributed by atoms with E-state index in [0.717, 1.165) is 22.7 Å². The van der Waals surface area contributed by atoms with Crippen molar-refractivity contribution in [3.05, 3.63) is 41.5 Å². The van der Waals surface area contributed by atoms with Crippen molar-refractivity contribution in [2.75, 3.05) is 6.26 Å². The van der Waals surface area contributed by atoms with Gasteiger partial charge in [0.25, 0.3) is 0 Å². The molecule has 0 amide bonds. The first-order chi connectivity index (χ1) is 7.58. The highest BCUT2D eigenvalue weighted by Crippen LogP contribution is 2.19. The Balaban J connectivity index is 2.98. The fourth-order valence-electron chi connectivity index (χ4n) is 1.57. The zero-order valence-corrected chi connectivity index (χ0v) is 11.3. The van der Waals surface area contributed by atoms with Crippen molar-refractivity contribution in [3.8, 4) is 0 Å². The molecule has 16 heavy (non-hydrogen) atoms. The molecule has 0 saturated carbocycles. The van der Waals surface area contributed by atoms with Crippen LogP contribution in [-0.2, 0) is 6.42 Å². The monoisotopic (exact) mass is 233 g/mol. The lowest BCUT2D eigenvalue weighted by Gasteiger charge is -2.07. The molecule has 86 valence electrons. The maximum atomic E-state index is 4.45. The van der Waals surface area contributed by atoms with Gasteiger partial charge >= 0.3 is 0 Å². The Bertz CT molecular complexity index is 419. The second-order valence-corrected chi connectivity index (χ2v) is 4.78. The second kappa shape index (κ2) is 5.90. The number of aliphatic imine (C=N–C) groups is 1. The van der Waals surface area contributed by atoms with Crippen LogP contribution < -0.4 is 0 Å². The highest BCUT2D eigenvalue weighted by atomic mass is 32.2. The van der Waals surface area contributed by atoms with Crippen LogP contribution in [0.5, 0.6) is 0 Å². The van der Waals surface area contributed by atoms with Gasteiger partial charge in [0.05, 0.1) is 10.7 Å². The van der Waals surface area contributed by atoms with E-state index in [1.807, 2.05) is 13.2 Å². The molecule has 0 aromatic heterocycles. The molecule has 0 aliphatic rings. The molecule has 0 radical (unpaired) electrons. The van der Waals surface area contributed by atoms with E-state index in [1.54, 1.807) is 11.8 Å². The highest BCUT2D eigenvalue weighted by Gasteiger charge is 2.01. The van der Waals surface area contributed by atoms with Crippen molar-refractivity contribution in [1.29, 1.82) is 0 Å². The summed E-state index contributed by atoms with van der Waals surface area (Å²) in [4.78, 5) is 4.45. The van der Waals surface area contributed by atoms with Gasteiger partial charge < -0.3 is 0 Å². The SMILES string of the molecule is C=C(N=C(C)SC)c1ccc(CC)c(C)c1. The molecule has 0 bridgehead atoms. The van der Waals surface area contributed by atoms with Gasteiger partial charge in [-0.25, -0.2) is 4.99 Å². The van der Waals surface area contributed by atoms with Crippen LogP contribution in [0.4, 0.5) is 0 Å². The molecule has 1 nitrogen and oxygen atoms in total. The molecule has 0 spiro atoms. The maximum Gasteiger partial charge on any atom is 0.0704 e. The van der Waals surface area contributed by atoms with Gasteiger partial charge in [-0.3, -0.25) is 0 Å². The highest BCUT2D eigenvalue weighted by molar-refractivity contribution is 8.13. The van der Waals surface area contributed by atoms with Crippen LogP contribution in [0.25, 0.3) is 5.70 Å². The van der Waals surface area contributed by atoms with Crippen molar-refractivity contribution >= 4 is 22.5 Å². The van der Waals surface area contributed by atoms with Crippen LogP contribution in [0.1, 0.15) is 30.5 Å². The fourth-order valence-corrected chi connectivity index (χ4v) is 1.77. The van der Waals surface area contributed by atoms with E-state index in [0.29, 0.717) is 0 Å². The van der Waals surface area contributed by atoms with Gasteiger partial charge in [0.1, 0.15) is 0 Å². The molecule has 2 heteroatoms. The zero-order valence-electron chi connectivity index (χ0n) is 10.5. The Labute approximate surface area is 103 Å². The van der Waals surface area contributed by atoms with Crippen LogP contribution in [0.3, 0.4) is 0 Å². The van der Waals surface area contributed by atoms with E-state index in [1.165, 1.54) is 11.1 Å². The predicted octanol–water partition coefficient (Wildman–Crippen LogP) is 4.31. The third kappa shape index (κ3) is 3.24. The van der Waals surface area contributed by atoms with Crippen molar-refractivity contribution < 1.29 is 0 Å². The van der Waals surface area contributed by atoms with Gasteiger partial charge in [0.2, 0.25) is 0 Å². The second-order valence-electron chi connectivity index (χ2n) is 3.78. The summed E-state index contributed by atoms with van der Waals surface area (Å²) in [5, 5.41) is 1.04. The topological polar surface area (TPSA) is 12.4 Å². The first-order valence-corrected chi connectivity index (χ1v) is 6.69. The quantitative estimate of drug-likeness (QED) is 0.560. The van der Waals surface area contributed by atoms with Crippen LogP contribution in [0.2, 0.25) is 0 Å². The van der Waals surface area contributed by atoms with E-state index in [4.69, 9.17) is 0 Å². The summed E-state index contributed by atoms with van der Waals surface area (Å²) in [5.41, 5.74) is 4.67. The molecule has 1 aromatic rings. The van der Waals surface area contributed by atoms with E-state index >= 15 is 0 Å². The minimum atomic E-state index is 0.845. The van der Waals surface area contributed by atoms with E-state index in [-0.39, 0.29) is 0 Å². The van der Waals surface area contributed by atoms with E-state index < -0.39 is 0 Å². The Morgan fingerprint density at radius 3 is 2.62 bits per heavy atom. The lowest BCUT2D eigenvalue weighted by Crippen LogP contribution is -1.90. The summed E-state index contributed by atoms with van der Waals surface area (Å²) >= 11 is 1.65. The summed E-state index contributed by atoms with van der Waals surface area (Å²) in [6.45, 7) is 10.3. The Kier molecular flexibility index (Phi) is 4.81. The molecule has 0 aliphatic heterocycles. The summed E-state index contributed by atoms with van der Waals surface area (Å²) in [5.74, 6) is 0. The smallest absolute Gasteiger partial charge is 0.0704 e. The lowest BCUT2D eigenvalue weighted by molar-refractivity contribution is 1.11. The molecule has 0 heterocycles. The average molecular weight is 233 g/mol. The summed E-state index contributed by atoms with van der Waals surface area (Å²) in [6, 6.07) is 6.43. The van der Waals surface area contributed by atoms with E-state index in [2.05, 4.69) is 43.6 Å². The third-order valence-electron chi connectivity index (χ3n) is 2.64. The zero-order chi connectivity index (χ0) is 12.1. The third-order valence-corrected chi connectivity index (χ3v) is 3.33. The van der Waals surface area contributed by atoms with Crippen LogP contribution in [-0.4, -0.2) is 11.3 Å². The van der Waals surface area contributed by atoms with Crippen LogP contribution in [0, 0.1) is 6.92 Å². The standard InChI is InChI=1S/C14H19NS/c1-6-13-7-8-14(9-10(13)2)11(3)15-12(4)16-5/h7-9H,3,6H2,1-2,4-5H3. The molecule has 0 unspecified atom stereocenters. The number of thioether (sulfide) groups is 1. The normalized spacial score (nSPS) is 11.6. The molecule has 0 aliphatic carbocycles. The molecule has 1 rings (SSSR count). The molecular weight excluding hydrogens is 214 g/mol. The van der Waals surface area contributed by atoms with Crippen molar-refractivity contribution in [1.82, 2.24) is 0 Å². The number of nitrogens with zero attached hydrogens (tertiary/aromatic N) is 1. The number of rotatable bonds is 3. The van der Waals surface area contributed by atoms with Gasteiger partial charge in [0, 0.05) is 0 Å². The fraction of sp³-hybridized carbons (Fsp3) is 0.357. The Hall–Kier alpha value is -1.02. The molecule has 0 atom stereocenters. The van der Waals surface area contributed by atoms with E-state index in [9.17, 15) is 0 Å². The lowest BCUT2D eigenvalue weighted by atomic mass is 10.0. The van der Waals surface area contributed by atoms with Gasteiger partial charge in [0.15, 0.2) is 0 Å². The van der Waals surface area contributed by atoms with Gasteiger partial charge in [-0.15, -0.1) is 11.8 Å². The first-order valence-electron chi connectivity index (χ1n) is 5.46. The average Bonchev–Trinajstić information content (AvgIpc) is 2.28. The number of benzene rings is 1. The van der Waals surface area contributed by atoms with Gasteiger partial charge in [-0.05, 0) is 49.3 Å². The van der Waals surface area contributed by atoms with Crippen molar-refractivity contribution in [2.24, 2.45) is 4.99 Å². The van der Waals surface area contributed by atoms with Crippen molar-refractivity contribution in [2.45, 2.75) is 27.2 Å². The molecule has 1 aromatic carbocycles. The summed E-state index contributed by atoms with van der Waals surface area (Å²) < 4.78 is 0. The number of hydrogen-bond donors (Lipinski definition) is 0. The number of aryl methyl sites for hydroxylation is 2. The maximum absolute atomic E-state index is 4.45. The van der Waals surface area contributed by atoms with Gasteiger partial charge in [-0.2, -0.15) is 0 Å². The van der Waals surface area contributed by atoms with Crippen LogP contribution in [0.15, 0.2) is 29.8 Å². The molecular formula is C14H19NS. The van der Waals surface area contributed by atoms with Crippen molar-refractivity contribution in [3.63, 3.8) is 0 Å². The minimum Gasteiger partial charge on any atom is -0.247 e. The first kappa shape index (κ1) is 13.0. The summed E-state index contributed by atoms with van der Waals surface area (Å²) in [7, 11) is 0. The molecule has 0 saturated heterocycles. The number of hydrogen-bond acceptors (Lipinski definition) is 2. The largest absolute Gasteiger partial charge is 0.247 e. The van der Waals surface area contributed by atoms with Gasteiger partial charge in [-0.1, -0.05) is 25.6 Å². The molecule has 0 fully saturated rings. The minimum absolute atomic E-state index is 0.845. The van der Waals surface area contributed by atoms with Crippen LogP contribution >= 0.6 is 11.8 Å². The molecule has 0 N–H and O–H groups in total. The predicted molar refractivity (Wildman–Crippen MR) is 76.2 cm³/mol. The Morgan fingerprint density at radius 2 is 2.12 bits per heavy atom. The Morgan fingerprint density at radius 1 is 1.44 bits per heavy atom. The summed E-state index contributed by atoms with van der Waals surface area (Å²) in [6.07, 6.45) is 3.10.